The Morgan fingerprint density at radius 1 is 1.29 bits per heavy atom. The van der Waals surface area contributed by atoms with Crippen molar-refractivity contribution in [2.45, 2.75) is 46.6 Å². The van der Waals surface area contributed by atoms with Crippen LogP contribution in [0.25, 0.3) is 0 Å². The average molecular weight is 309 g/mol. The third-order valence-corrected chi connectivity index (χ3v) is 5.24. The first-order valence-electron chi connectivity index (χ1n) is 8.03. The second-order valence-electron chi connectivity index (χ2n) is 7.43. The fraction of sp³-hybridized carbons (Fsp3) is 0.667. The molecule has 0 aliphatic carbocycles. The Kier molecular flexibility index (Phi) is 5.34. The molecule has 2 N–H and O–H groups in total. The fourth-order valence-corrected chi connectivity index (χ4v) is 3.79. The number of benzene rings is 1. The molecule has 1 aromatic carbocycles. The van der Waals surface area contributed by atoms with Gasteiger partial charge in [-0.1, -0.05) is 38.4 Å². The molecule has 21 heavy (non-hydrogen) atoms. The first-order valence-corrected chi connectivity index (χ1v) is 8.41. The smallest absolute Gasteiger partial charge is 0.0473 e. The zero-order valence-electron chi connectivity index (χ0n) is 13.8. The summed E-state index contributed by atoms with van der Waals surface area (Å²) >= 11 is 6.08. The minimum absolute atomic E-state index is 0.322. The van der Waals surface area contributed by atoms with Gasteiger partial charge < -0.3 is 5.73 Å². The fourth-order valence-electron chi connectivity index (χ4n) is 3.56. The van der Waals surface area contributed by atoms with Gasteiger partial charge in [-0.25, -0.2) is 0 Å². The number of likely N-dealkylation sites (tertiary alicyclic amines) is 1. The molecular weight excluding hydrogens is 280 g/mol. The van der Waals surface area contributed by atoms with Crippen LogP contribution in [0.2, 0.25) is 5.02 Å². The van der Waals surface area contributed by atoms with Gasteiger partial charge in [-0.05, 0) is 67.4 Å². The summed E-state index contributed by atoms with van der Waals surface area (Å²) in [5.41, 5.74) is 9.08. The molecule has 1 fully saturated rings. The Labute approximate surface area is 134 Å². The number of nitrogens with zero attached hydrogens (tertiary/aromatic N) is 1. The van der Waals surface area contributed by atoms with E-state index in [9.17, 15) is 0 Å². The predicted molar refractivity (Wildman–Crippen MR) is 91.7 cm³/mol. The Morgan fingerprint density at radius 2 is 1.90 bits per heavy atom. The molecule has 1 heterocycles. The van der Waals surface area contributed by atoms with Crippen molar-refractivity contribution in [3.05, 3.63) is 34.3 Å². The van der Waals surface area contributed by atoms with E-state index in [0.717, 1.165) is 24.0 Å². The van der Waals surface area contributed by atoms with E-state index in [1.807, 2.05) is 12.1 Å². The van der Waals surface area contributed by atoms with Crippen LogP contribution in [0.15, 0.2) is 18.2 Å². The highest BCUT2D eigenvalue weighted by Crippen LogP contribution is 2.37. The molecular formula is C18H29ClN2. The zero-order chi connectivity index (χ0) is 15.6. The van der Waals surface area contributed by atoms with Crippen molar-refractivity contribution in [2.24, 2.45) is 17.1 Å². The maximum atomic E-state index is 6.09. The van der Waals surface area contributed by atoms with Crippen molar-refractivity contribution in [3.63, 3.8) is 0 Å². The van der Waals surface area contributed by atoms with Gasteiger partial charge in [-0.2, -0.15) is 0 Å². The molecule has 0 spiro atoms. The summed E-state index contributed by atoms with van der Waals surface area (Å²) in [5.74, 6) is 0.818. The Balaban J connectivity index is 2.09. The lowest BCUT2D eigenvalue weighted by molar-refractivity contribution is 0.0844. The number of nitrogens with two attached hydrogens (primary N) is 1. The molecule has 0 aromatic heterocycles. The van der Waals surface area contributed by atoms with Crippen LogP contribution in [0.1, 0.15) is 50.8 Å². The lowest BCUT2D eigenvalue weighted by Gasteiger charge is -2.42. The van der Waals surface area contributed by atoms with Crippen LogP contribution >= 0.6 is 11.6 Å². The minimum Gasteiger partial charge on any atom is -0.329 e. The van der Waals surface area contributed by atoms with Crippen LogP contribution in [0, 0.1) is 18.3 Å². The summed E-state index contributed by atoms with van der Waals surface area (Å²) in [6.45, 7) is 12.2. The van der Waals surface area contributed by atoms with E-state index in [-0.39, 0.29) is 0 Å². The molecule has 0 amide bonds. The molecule has 1 aliphatic rings. The van der Waals surface area contributed by atoms with E-state index in [4.69, 9.17) is 17.3 Å². The highest BCUT2D eigenvalue weighted by molar-refractivity contribution is 6.30. The van der Waals surface area contributed by atoms with Crippen molar-refractivity contribution in [1.29, 1.82) is 0 Å². The first kappa shape index (κ1) is 16.8. The molecule has 2 rings (SSSR count). The van der Waals surface area contributed by atoms with Gasteiger partial charge in [-0.3, -0.25) is 4.90 Å². The summed E-state index contributed by atoms with van der Waals surface area (Å²) in [4.78, 5) is 2.55. The third-order valence-electron chi connectivity index (χ3n) is 5.01. The topological polar surface area (TPSA) is 29.3 Å². The minimum atomic E-state index is 0.322. The van der Waals surface area contributed by atoms with Crippen LogP contribution in [0.4, 0.5) is 0 Å². The lowest BCUT2D eigenvalue weighted by atomic mass is 9.75. The van der Waals surface area contributed by atoms with Crippen molar-refractivity contribution in [1.82, 2.24) is 4.90 Å². The lowest BCUT2D eigenvalue weighted by Crippen LogP contribution is -2.42. The van der Waals surface area contributed by atoms with Crippen molar-refractivity contribution in [3.8, 4) is 0 Å². The number of hydrogen-bond donors (Lipinski definition) is 1. The summed E-state index contributed by atoms with van der Waals surface area (Å²) in [6, 6.07) is 6.49. The summed E-state index contributed by atoms with van der Waals surface area (Å²) in [5, 5.41) is 0.804. The van der Waals surface area contributed by atoms with Crippen LogP contribution in [-0.2, 0) is 0 Å². The van der Waals surface area contributed by atoms with E-state index in [1.54, 1.807) is 0 Å². The van der Waals surface area contributed by atoms with Crippen molar-refractivity contribution < 1.29 is 0 Å². The van der Waals surface area contributed by atoms with E-state index >= 15 is 0 Å². The first-order chi connectivity index (χ1) is 9.82. The van der Waals surface area contributed by atoms with Crippen LogP contribution in [-0.4, -0.2) is 24.5 Å². The maximum absolute atomic E-state index is 6.09. The van der Waals surface area contributed by atoms with Crippen molar-refractivity contribution in [2.75, 3.05) is 19.6 Å². The van der Waals surface area contributed by atoms with Gasteiger partial charge in [0.05, 0.1) is 0 Å². The molecule has 118 valence electrons. The molecule has 1 atom stereocenters. The number of aryl methyl sites for hydroxylation is 1. The molecule has 0 radical (unpaired) electrons. The molecule has 0 saturated carbocycles. The van der Waals surface area contributed by atoms with Gasteiger partial charge in [0.15, 0.2) is 0 Å². The number of piperidine rings is 1. The van der Waals surface area contributed by atoms with E-state index < -0.39 is 0 Å². The zero-order valence-corrected chi connectivity index (χ0v) is 14.6. The predicted octanol–water partition coefficient (Wildman–Crippen LogP) is 4.41. The Morgan fingerprint density at radius 3 is 2.38 bits per heavy atom. The van der Waals surface area contributed by atoms with Gasteiger partial charge in [0, 0.05) is 17.6 Å². The van der Waals surface area contributed by atoms with Crippen LogP contribution < -0.4 is 5.73 Å². The van der Waals surface area contributed by atoms with Gasteiger partial charge >= 0.3 is 0 Å². The molecule has 3 heteroatoms. The largest absolute Gasteiger partial charge is 0.329 e. The molecule has 1 aliphatic heterocycles. The molecule has 1 unspecified atom stereocenters. The van der Waals surface area contributed by atoms with E-state index in [1.165, 1.54) is 24.0 Å². The van der Waals surface area contributed by atoms with Gasteiger partial charge in [0.2, 0.25) is 0 Å². The monoisotopic (exact) mass is 308 g/mol. The third kappa shape index (κ3) is 4.00. The second-order valence-corrected chi connectivity index (χ2v) is 7.87. The summed E-state index contributed by atoms with van der Waals surface area (Å²) in [7, 11) is 0. The van der Waals surface area contributed by atoms with Crippen LogP contribution in [0.5, 0.6) is 0 Å². The number of rotatable bonds is 3. The SMILES string of the molecule is Cc1cc(Cl)ccc1C(CN)N1CCC(C(C)(C)C)CC1. The second kappa shape index (κ2) is 6.68. The van der Waals surface area contributed by atoms with Gasteiger partial charge in [0.25, 0.3) is 0 Å². The van der Waals surface area contributed by atoms with Gasteiger partial charge in [-0.15, -0.1) is 0 Å². The van der Waals surface area contributed by atoms with Gasteiger partial charge in [0.1, 0.15) is 0 Å². The molecule has 2 nitrogen and oxygen atoms in total. The summed E-state index contributed by atoms with van der Waals surface area (Å²) in [6.07, 6.45) is 2.54. The standard InChI is InChI=1S/C18H29ClN2/c1-13-11-15(19)5-6-16(13)17(12-20)21-9-7-14(8-10-21)18(2,3)4/h5-6,11,14,17H,7-10,12,20H2,1-4H3. The highest BCUT2D eigenvalue weighted by Gasteiger charge is 2.31. The van der Waals surface area contributed by atoms with E-state index in [2.05, 4.69) is 38.7 Å². The number of halogens is 1. The number of hydrogen-bond acceptors (Lipinski definition) is 2. The molecule has 0 bridgehead atoms. The Hall–Kier alpha value is -0.570. The quantitative estimate of drug-likeness (QED) is 0.896. The summed E-state index contributed by atoms with van der Waals surface area (Å²) < 4.78 is 0. The van der Waals surface area contributed by atoms with Crippen molar-refractivity contribution >= 4 is 11.6 Å². The van der Waals surface area contributed by atoms with E-state index in [0.29, 0.717) is 18.0 Å². The normalized spacial score (nSPS) is 19.7. The average Bonchev–Trinajstić information content (AvgIpc) is 2.41. The molecule has 1 saturated heterocycles. The highest BCUT2D eigenvalue weighted by atomic mass is 35.5. The van der Waals surface area contributed by atoms with Crippen LogP contribution in [0.3, 0.4) is 0 Å². The Bertz CT molecular complexity index is 471. The molecule has 1 aromatic rings. The maximum Gasteiger partial charge on any atom is 0.0473 e.